The Morgan fingerprint density at radius 3 is 2.06 bits per heavy atom. The number of halogens is 1. The van der Waals surface area contributed by atoms with Crippen LogP contribution in [-0.4, -0.2) is 5.78 Å². The number of aryl methyl sites for hydroxylation is 3. The molecule has 0 aliphatic heterocycles. The average molecular weight is 350 g/mol. The fraction of sp³-hybridized carbons (Fsp3) is 0.188. The molecule has 0 aromatic heterocycles. The smallest absolute Gasteiger partial charge is 0.193 e. The Kier molecular flexibility index (Phi) is 3.85. The molecule has 2 aromatic rings. The zero-order valence-corrected chi connectivity index (χ0v) is 12.9. The minimum absolute atomic E-state index is 0.104. The zero-order chi connectivity index (χ0) is 13.3. The molecule has 0 saturated carbocycles. The van der Waals surface area contributed by atoms with E-state index in [-0.39, 0.29) is 5.78 Å². The van der Waals surface area contributed by atoms with E-state index in [0.29, 0.717) is 0 Å². The molecule has 0 saturated heterocycles. The van der Waals surface area contributed by atoms with Gasteiger partial charge in [-0.3, -0.25) is 4.79 Å². The molecule has 0 unspecified atom stereocenters. The van der Waals surface area contributed by atoms with Crippen LogP contribution < -0.4 is 0 Å². The summed E-state index contributed by atoms with van der Waals surface area (Å²) in [5.41, 5.74) is 4.99. The third kappa shape index (κ3) is 2.64. The van der Waals surface area contributed by atoms with Gasteiger partial charge < -0.3 is 0 Å². The van der Waals surface area contributed by atoms with E-state index in [1.54, 1.807) is 0 Å². The van der Waals surface area contributed by atoms with Crippen LogP contribution in [0.5, 0.6) is 0 Å². The van der Waals surface area contributed by atoms with E-state index in [4.69, 9.17) is 0 Å². The number of rotatable bonds is 2. The van der Waals surface area contributed by atoms with Crippen molar-refractivity contribution in [2.45, 2.75) is 20.8 Å². The molecule has 0 N–H and O–H groups in total. The Balaban J connectivity index is 2.46. The summed E-state index contributed by atoms with van der Waals surface area (Å²) in [7, 11) is 0. The first-order valence-corrected chi connectivity index (χ1v) is 6.95. The monoisotopic (exact) mass is 350 g/mol. The van der Waals surface area contributed by atoms with Crippen molar-refractivity contribution < 1.29 is 4.79 Å². The van der Waals surface area contributed by atoms with Crippen LogP contribution in [0.15, 0.2) is 36.4 Å². The highest BCUT2D eigenvalue weighted by atomic mass is 127. The predicted octanol–water partition coefficient (Wildman–Crippen LogP) is 4.45. The van der Waals surface area contributed by atoms with E-state index < -0.39 is 0 Å². The summed E-state index contributed by atoms with van der Waals surface area (Å²) in [4.78, 5) is 12.4. The molecule has 0 atom stereocenters. The third-order valence-electron chi connectivity index (χ3n) is 3.19. The predicted molar refractivity (Wildman–Crippen MR) is 83.2 cm³/mol. The second kappa shape index (κ2) is 5.22. The maximum absolute atomic E-state index is 12.4. The summed E-state index contributed by atoms with van der Waals surface area (Å²) >= 11 is 2.24. The van der Waals surface area contributed by atoms with Crippen molar-refractivity contribution in [1.82, 2.24) is 0 Å². The quantitative estimate of drug-likeness (QED) is 0.578. The Bertz CT molecular complexity index is 597. The van der Waals surface area contributed by atoms with Crippen molar-refractivity contribution in [3.63, 3.8) is 0 Å². The highest BCUT2D eigenvalue weighted by Gasteiger charge is 2.12. The lowest BCUT2D eigenvalue weighted by atomic mass is 9.95. The Morgan fingerprint density at radius 1 is 0.889 bits per heavy atom. The van der Waals surface area contributed by atoms with Gasteiger partial charge in [0, 0.05) is 14.7 Å². The Morgan fingerprint density at radius 2 is 1.44 bits per heavy atom. The molecule has 2 heteroatoms. The molecule has 2 aromatic carbocycles. The van der Waals surface area contributed by atoms with E-state index >= 15 is 0 Å². The standard InChI is InChI=1S/C16H15IO/c1-10-8-12(3)15(9-11(10)2)16(18)13-4-6-14(17)7-5-13/h4-9H,1-3H3. The molecule has 2 rings (SSSR count). The number of ketones is 1. The molecule has 18 heavy (non-hydrogen) atoms. The van der Waals surface area contributed by atoms with Gasteiger partial charge in [0.25, 0.3) is 0 Å². The van der Waals surface area contributed by atoms with Gasteiger partial charge in [-0.2, -0.15) is 0 Å². The van der Waals surface area contributed by atoms with Gasteiger partial charge >= 0.3 is 0 Å². The van der Waals surface area contributed by atoms with Crippen LogP contribution in [0, 0.1) is 24.3 Å². The highest BCUT2D eigenvalue weighted by Crippen LogP contribution is 2.19. The summed E-state index contributed by atoms with van der Waals surface area (Å²) in [5.74, 6) is 0.104. The average Bonchev–Trinajstić information content (AvgIpc) is 2.34. The van der Waals surface area contributed by atoms with Crippen molar-refractivity contribution in [1.29, 1.82) is 0 Å². The zero-order valence-electron chi connectivity index (χ0n) is 10.8. The summed E-state index contributed by atoms with van der Waals surface area (Å²) in [6.45, 7) is 6.10. The van der Waals surface area contributed by atoms with Crippen molar-refractivity contribution in [3.8, 4) is 0 Å². The van der Waals surface area contributed by atoms with Crippen LogP contribution in [0.1, 0.15) is 32.6 Å². The lowest BCUT2D eigenvalue weighted by Crippen LogP contribution is -2.05. The van der Waals surface area contributed by atoms with Crippen molar-refractivity contribution in [3.05, 3.63) is 67.8 Å². The lowest BCUT2D eigenvalue weighted by Gasteiger charge is -2.09. The van der Waals surface area contributed by atoms with Gasteiger partial charge in [-0.15, -0.1) is 0 Å². The summed E-state index contributed by atoms with van der Waals surface area (Å²) in [6, 6.07) is 11.8. The number of hydrogen-bond acceptors (Lipinski definition) is 1. The van der Waals surface area contributed by atoms with Gasteiger partial charge in [0.1, 0.15) is 0 Å². The van der Waals surface area contributed by atoms with E-state index in [9.17, 15) is 4.79 Å². The van der Waals surface area contributed by atoms with E-state index in [1.165, 1.54) is 5.56 Å². The van der Waals surface area contributed by atoms with Gasteiger partial charge in [-0.1, -0.05) is 6.07 Å². The number of hydrogen-bond donors (Lipinski definition) is 0. The molecule has 0 bridgehead atoms. The molecule has 0 amide bonds. The molecule has 1 nitrogen and oxygen atoms in total. The fourth-order valence-electron chi connectivity index (χ4n) is 1.96. The Hall–Kier alpha value is -1.16. The largest absolute Gasteiger partial charge is 0.289 e. The number of benzene rings is 2. The van der Waals surface area contributed by atoms with E-state index in [2.05, 4.69) is 35.6 Å². The minimum atomic E-state index is 0.104. The third-order valence-corrected chi connectivity index (χ3v) is 3.91. The van der Waals surface area contributed by atoms with Crippen LogP contribution in [0.3, 0.4) is 0 Å². The maximum Gasteiger partial charge on any atom is 0.193 e. The van der Waals surface area contributed by atoms with Gasteiger partial charge in [0.15, 0.2) is 5.78 Å². The second-order valence-corrected chi connectivity index (χ2v) is 5.83. The number of carbonyl (C=O) groups excluding carboxylic acids is 1. The Labute approximate surface area is 121 Å². The molecule has 0 aliphatic carbocycles. The van der Waals surface area contributed by atoms with Crippen molar-refractivity contribution in [2.24, 2.45) is 0 Å². The molecule has 0 aliphatic rings. The van der Waals surface area contributed by atoms with Crippen LogP contribution >= 0.6 is 22.6 Å². The van der Waals surface area contributed by atoms with Crippen LogP contribution in [0.25, 0.3) is 0 Å². The SMILES string of the molecule is Cc1cc(C)c(C(=O)c2ccc(I)cc2)cc1C. The van der Waals surface area contributed by atoms with Crippen molar-refractivity contribution in [2.75, 3.05) is 0 Å². The molecule has 92 valence electrons. The topological polar surface area (TPSA) is 17.1 Å². The van der Waals surface area contributed by atoms with Gasteiger partial charge in [-0.05, 0) is 90.4 Å². The highest BCUT2D eigenvalue weighted by molar-refractivity contribution is 14.1. The molecule has 0 heterocycles. The molecule has 0 radical (unpaired) electrons. The van der Waals surface area contributed by atoms with Crippen molar-refractivity contribution >= 4 is 28.4 Å². The second-order valence-electron chi connectivity index (χ2n) is 4.59. The van der Waals surface area contributed by atoms with Crippen LogP contribution in [-0.2, 0) is 0 Å². The minimum Gasteiger partial charge on any atom is -0.289 e. The molecule has 0 fully saturated rings. The molecular formula is C16H15IO. The van der Waals surface area contributed by atoms with Gasteiger partial charge in [0.2, 0.25) is 0 Å². The van der Waals surface area contributed by atoms with E-state index in [1.807, 2.05) is 44.2 Å². The summed E-state index contributed by atoms with van der Waals surface area (Å²) in [5, 5.41) is 0. The van der Waals surface area contributed by atoms with Crippen LogP contribution in [0.2, 0.25) is 0 Å². The first-order valence-electron chi connectivity index (χ1n) is 5.87. The molecule has 0 spiro atoms. The molecular weight excluding hydrogens is 335 g/mol. The summed E-state index contributed by atoms with van der Waals surface area (Å²) < 4.78 is 1.14. The lowest BCUT2D eigenvalue weighted by molar-refractivity contribution is 0.103. The van der Waals surface area contributed by atoms with Gasteiger partial charge in [-0.25, -0.2) is 0 Å². The maximum atomic E-state index is 12.4. The first-order chi connectivity index (χ1) is 8.49. The van der Waals surface area contributed by atoms with Gasteiger partial charge in [0.05, 0.1) is 0 Å². The fourth-order valence-corrected chi connectivity index (χ4v) is 2.32. The number of carbonyl (C=O) groups is 1. The van der Waals surface area contributed by atoms with Crippen LogP contribution in [0.4, 0.5) is 0 Å². The van der Waals surface area contributed by atoms with E-state index in [0.717, 1.165) is 25.8 Å². The normalized spacial score (nSPS) is 10.4. The summed E-state index contributed by atoms with van der Waals surface area (Å²) in [6.07, 6.45) is 0. The first kappa shape index (κ1) is 13.3.